The summed E-state index contributed by atoms with van der Waals surface area (Å²) >= 11 is 0. The van der Waals surface area contributed by atoms with Crippen LogP contribution in [-0.4, -0.2) is 52.1 Å². The van der Waals surface area contributed by atoms with E-state index in [1.54, 1.807) is 12.1 Å². The number of amides is 1. The fourth-order valence-corrected chi connectivity index (χ4v) is 4.19. The van der Waals surface area contributed by atoms with Crippen molar-refractivity contribution >= 4 is 5.91 Å². The maximum atomic E-state index is 13.1. The normalized spacial score (nSPS) is 23.8. The van der Waals surface area contributed by atoms with Gasteiger partial charge >= 0.3 is 0 Å². The molecular weight excluding hydrogens is 319 g/mol. The van der Waals surface area contributed by atoms with Gasteiger partial charge in [-0.3, -0.25) is 9.69 Å². The lowest BCUT2D eigenvalue weighted by Crippen LogP contribution is -2.51. The summed E-state index contributed by atoms with van der Waals surface area (Å²) in [4.78, 5) is 17.1. The van der Waals surface area contributed by atoms with Crippen LogP contribution in [-0.2, 0) is 11.3 Å². The van der Waals surface area contributed by atoms with Crippen molar-refractivity contribution in [1.82, 2.24) is 9.80 Å². The molecule has 2 saturated heterocycles. The molecule has 1 unspecified atom stereocenters. The number of hydrogen-bond donors (Lipinski definition) is 1. The van der Waals surface area contributed by atoms with Crippen LogP contribution < -0.4 is 0 Å². The highest BCUT2D eigenvalue weighted by Gasteiger charge is 2.38. The van der Waals surface area contributed by atoms with Crippen molar-refractivity contribution in [2.45, 2.75) is 63.6 Å². The second-order valence-electron chi connectivity index (χ2n) is 7.55. The fourth-order valence-electron chi connectivity index (χ4n) is 4.19. The molecule has 2 heterocycles. The molecule has 2 fully saturated rings. The second kappa shape index (κ2) is 7.83. The number of likely N-dealkylation sites (tertiary alicyclic amines) is 2. The van der Waals surface area contributed by atoms with E-state index in [-0.39, 0.29) is 17.8 Å². The van der Waals surface area contributed by atoms with Crippen LogP contribution >= 0.6 is 0 Å². The number of hydrogen-bond acceptors (Lipinski definition) is 3. The first-order valence-electron chi connectivity index (χ1n) is 9.50. The van der Waals surface area contributed by atoms with Gasteiger partial charge in [-0.2, -0.15) is 0 Å². The first-order chi connectivity index (χ1) is 12.0. The highest BCUT2D eigenvalue weighted by molar-refractivity contribution is 5.82. The van der Waals surface area contributed by atoms with Gasteiger partial charge in [0.1, 0.15) is 5.82 Å². The Morgan fingerprint density at radius 2 is 1.92 bits per heavy atom. The van der Waals surface area contributed by atoms with Crippen molar-refractivity contribution in [1.29, 1.82) is 0 Å². The van der Waals surface area contributed by atoms with Gasteiger partial charge in [0, 0.05) is 19.6 Å². The summed E-state index contributed by atoms with van der Waals surface area (Å²) in [5.74, 6) is -0.0381. The minimum absolute atomic E-state index is 0.0811. The Bertz CT molecular complexity index is 582. The minimum Gasteiger partial charge on any atom is -0.390 e. The smallest absolute Gasteiger partial charge is 0.239 e. The second-order valence-corrected chi connectivity index (χ2v) is 7.55. The number of carbonyl (C=O) groups excluding carboxylic acids is 1. The average Bonchev–Trinajstić information content (AvgIpc) is 3.05. The molecule has 2 aliphatic rings. The third kappa shape index (κ3) is 4.39. The molecule has 0 radical (unpaired) electrons. The van der Waals surface area contributed by atoms with Gasteiger partial charge in [0.05, 0.1) is 11.6 Å². The van der Waals surface area contributed by atoms with E-state index >= 15 is 0 Å². The van der Waals surface area contributed by atoms with E-state index in [0.717, 1.165) is 37.8 Å². The monoisotopic (exact) mass is 348 g/mol. The van der Waals surface area contributed by atoms with E-state index in [0.29, 0.717) is 32.5 Å². The zero-order chi connectivity index (χ0) is 17.9. The highest BCUT2D eigenvalue weighted by Crippen LogP contribution is 2.29. The Hall–Kier alpha value is -1.46. The molecule has 1 N–H and O–H groups in total. The van der Waals surface area contributed by atoms with E-state index in [1.165, 1.54) is 12.1 Å². The lowest BCUT2D eigenvalue weighted by Gasteiger charge is -2.40. The molecular formula is C20H29FN2O2. The van der Waals surface area contributed by atoms with Gasteiger partial charge < -0.3 is 10.0 Å². The summed E-state index contributed by atoms with van der Waals surface area (Å²) in [5.41, 5.74) is 0.451. The Morgan fingerprint density at radius 3 is 2.56 bits per heavy atom. The largest absolute Gasteiger partial charge is 0.390 e. The van der Waals surface area contributed by atoms with E-state index in [4.69, 9.17) is 0 Å². The van der Waals surface area contributed by atoms with Crippen molar-refractivity contribution in [2.24, 2.45) is 0 Å². The molecule has 2 aliphatic heterocycles. The molecule has 1 aromatic rings. The van der Waals surface area contributed by atoms with Gasteiger partial charge in [0.15, 0.2) is 0 Å². The Kier molecular flexibility index (Phi) is 5.74. The van der Waals surface area contributed by atoms with E-state index in [9.17, 15) is 14.3 Å². The van der Waals surface area contributed by atoms with Gasteiger partial charge in [-0.1, -0.05) is 25.5 Å². The Labute approximate surface area is 149 Å². The standard InChI is InChI=1S/C20H29FN2O2/c1-2-9-20(25)10-13-22(14-11-20)19(24)18-4-3-12-23(18)15-16-5-7-17(21)8-6-16/h5-8,18,25H,2-4,9-15H2,1H3. The topological polar surface area (TPSA) is 43.8 Å². The van der Waals surface area contributed by atoms with Crippen LogP contribution in [0, 0.1) is 5.82 Å². The summed E-state index contributed by atoms with van der Waals surface area (Å²) in [6.45, 7) is 4.97. The lowest BCUT2D eigenvalue weighted by atomic mass is 9.87. The lowest BCUT2D eigenvalue weighted by molar-refractivity contribution is -0.140. The van der Waals surface area contributed by atoms with Crippen molar-refractivity contribution in [3.63, 3.8) is 0 Å². The number of benzene rings is 1. The van der Waals surface area contributed by atoms with Crippen LogP contribution in [0.15, 0.2) is 24.3 Å². The quantitative estimate of drug-likeness (QED) is 0.890. The summed E-state index contributed by atoms with van der Waals surface area (Å²) in [5, 5.41) is 10.5. The number of carbonyl (C=O) groups is 1. The number of nitrogens with zero attached hydrogens (tertiary/aromatic N) is 2. The molecule has 5 heteroatoms. The van der Waals surface area contributed by atoms with Crippen molar-refractivity contribution in [2.75, 3.05) is 19.6 Å². The molecule has 0 spiro atoms. The third-order valence-corrected chi connectivity index (χ3v) is 5.67. The Balaban J connectivity index is 1.58. The zero-order valence-corrected chi connectivity index (χ0v) is 15.1. The van der Waals surface area contributed by atoms with Gasteiger partial charge in [-0.05, 0) is 56.3 Å². The van der Waals surface area contributed by atoms with Gasteiger partial charge in [0.2, 0.25) is 5.91 Å². The SMILES string of the molecule is CCCC1(O)CCN(C(=O)C2CCCN2Cc2ccc(F)cc2)CC1. The molecule has 3 rings (SSSR count). The van der Waals surface area contributed by atoms with E-state index in [1.807, 2.05) is 4.90 Å². The predicted molar refractivity (Wildman–Crippen MR) is 95.5 cm³/mol. The van der Waals surface area contributed by atoms with Crippen molar-refractivity contribution in [3.8, 4) is 0 Å². The summed E-state index contributed by atoms with van der Waals surface area (Å²) < 4.78 is 13.1. The molecule has 25 heavy (non-hydrogen) atoms. The van der Waals surface area contributed by atoms with Gasteiger partial charge in [-0.15, -0.1) is 0 Å². The number of piperidine rings is 1. The molecule has 0 aromatic heterocycles. The van der Waals surface area contributed by atoms with E-state index < -0.39 is 5.60 Å². The van der Waals surface area contributed by atoms with Gasteiger partial charge in [-0.25, -0.2) is 4.39 Å². The summed E-state index contributed by atoms with van der Waals surface area (Å²) in [6.07, 6.45) is 5.04. The minimum atomic E-state index is -0.588. The summed E-state index contributed by atoms with van der Waals surface area (Å²) in [7, 11) is 0. The zero-order valence-electron chi connectivity index (χ0n) is 15.1. The fraction of sp³-hybridized carbons (Fsp3) is 0.650. The van der Waals surface area contributed by atoms with Crippen LogP contribution in [0.5, 0.6) is 0 Å². The van der Waals surface area contributed by atoms with Crippen LogP contribution in [0.25, 0.3) is 0 Å². The van der Waals surface area contributed by atoms with Crippen LogP contribution in [0.1, 0.15) is 51.0 Å². The maximum Gasteiger partial charge on any atom is 0.239 e. The van der Waals surface area contributed by atoms with Crippen LogP contribution in [0.4, 0.5) is 4.39 Å². The molecule has 1 amide bonds. The molecule has 1 atom stereocenters. The van der Waals surface area contributed by atoms with Crippen molar-refractivity contribution < 1.29 is 14.3 Å². The molecule has 0 bridgehead atoms. The molecule has 0 saturated carbocycles. The number of aliphatic hydroxyl groups is 1. The molecule has 1 aromatic carbocycles. The third-order valence-electron chi connectivity index (χ3n) is 5.67. The average molecular weight is 348 g/mol. The summed E-state index contributed by atoms with van der Waals surface area (Å²) in [6, 6.07) is 6.45. The number of rotatable bonds is 5. The van der Waals surface area contributed by atoms with Crippen LogP contribution in [0.2, 0.25) is 0 Å². The first-order valence-corrected chi connectivity index (χ1v) is 9.50. The highest BCUT2D eigenvalue weighted by atomic mass is 19.1. The first kappa shape index (κ1) is 18.3. The molecule has 138 valence electrons. The molecule has 0 aliphatic carbocycles. The maximum absolute atomic E-state index is 13.1. The number of halogens is 1. The van der Waals surface area contributed by atoms with Crippen LogP contribution in [0.3, 0.4) is 0 Å². The van der Waals surface area contributed by atoms with E-state index in [2.05, 4.69) is 11.8 Å². The predicted octanol–water partition coefficient (Wildman–Crippen LogP) is 2.94. The Morgan fingerprint density at radius 1 is 1.24 bits per heavy atom. The van der Waals surface area contributed by atoms with Gasteiger partial charge in [0.25, 0.3) is 0 Å². The van der Waals surface area contributed by atoms with Crippen molar-refractivity contribution in [3.05, 3.63) is 35.6 Å². The molecule has 4 nitrogen and oxygen atoms in total.